The number of hydrogen-bond donors (Lipinski definition) is 1. The van der Waals surface area contributed by atoms with Crippen molar-refractivity contribution in [1.29, 1.82) is 5.26 Å². The van der Waals surface area contributed by atoms with Crippen LogP contribution >= 0.6 is 0 Å². The molecule has 1 saturated heterocycles. The molecule has 1 aliphatic rings. The molecule has 1 aliphatic heterocycles. The lowest BCUT2D eigenvalue weighted by molar-refractivity contribution is 0.0692. The number of benzene rings is 1. The highest BCUT2D eigenvalue weighted by molar-refractivity contribution is 5.42. The lowest BCUT2D eigenvalue weighted by Gasteiger charge is -2.23. The average molecular weight is 274 g/mol. The number of aliphatic hydroxyl groups is 1. The second-order valence-corrected chi connectivity index (χ2v) is 5.29. The molecular weight excluding hydrogens is 252 g/mol. The number of hydrogen-bond acceptors (Lipinski definition) is 4. The van der Waals surface area contributed by atoms with Gasteiger partial charge >= 0.3 is 0 Å². The van der Waals surface area contributed by atoms with Crippen LogP contribution in [0.5, 0.6) is 5.75 Å². The Morgan fingerprint density at radius 2 is 1.90 bits per heavy atom. The Kier molecular flexibility index (Phi) is 5.85. The van der Waals surface area contributed by atoms with E-state index in [9.17, 15) is 5.11 Å². The Balaban J connectivity index is 1.79. The molecule has 1 aromatic carbocycles. The van der Waals surface area contributed by atoms with Crippen molar-refractivity contribution in [2.24, 2.45) is 0 Å². The molecule has 1 fully saturated rings. The van der Waals surface area contributed by atoms with Crippen molar-refractivity contribution in [3.8, 4) is 11.8 Å². The summed E-state index contributed by atoms with van der Waals surface area (Å²) >= 11 is 0. The average Bonchev–Trinajstić information content (AvgIpc) is 2.74. The summed E-state index contributed by atoms with van der Waals surface area (Å²) < 4.78 is 5.56. The van der Waals surface area contributed by atoms with Gasteiger partial charge in [0.25, 0.3) is 0 Å². The molecule has 0 aliphatic carbocycles. The summed E-state index contributed by atoms with van der Waals surface area (Å²) in [5.41, 5.74) is 0.509. The minimum atomic E-state index is -0.514. The molecule has 1 N–H and O–H groups in total. The van der Waals surface area contributed by atoms with E-state index < -0.39 is 6.10 Å². The van der Waals surface area contributed by atoms with E-state index in [1.165, 1.54) is 25.7 Å². The Hall–Kier alpha value is -1.57. The van der Waals surface area contributed by atoms with Gasteiger partial charge in [0.05, 0.1) is 5.56 Å². The Bertz CT molecular complexity index is 448. The van der Waals surface area contributed by atoms with Crippen molar-refractivity contribution in [2.75, 3.05) is 26.2 Å². The number of nitrogens with zero attached hydrogens (tertiary/aromatic N) is 2. The third-order valence-corrected chi connectivity index (χ3v) is 3.61. The zero-order valence-electron chi connectivity index (χ0n) is 11.8. The predicted octanol–water partition coefficient (Wildman–Crippen LogP) is 2.17. The molecule has 1 atom stereocenters. The van der Waals surface area contributed by atoms with Crippen LogP contribution in [0.2, 0.25) is 0 Å². The summed E-state index contributed by atoms with van der Waals surface area (Å²) in [6.45, 7) is 3.00. The molecule has 4 heteroatoms. The van der Waals surface area contributed by atoms with Gasteiger partial charge in [0, 0.05) is 6.54 Å². The van der Waals surface area contributed by atoms with E-state index in [0.717, 1.165) is 13.1 Å². The van der Waals surface area contributed by atoms with Gasteiger partial charge in [-0.2, -0.15) is 5.26 Å². The van der Waals surface area contributed by atoms with Gasteiger partial charge in [-0.3, -0.25) is 0 Å². The Labute approximate surface area is 120 Å². The fourth-order valence-electron chi connectivity index (χ4n) is 2.54. The zero-order valence-corrected chi connectivity index (χ0v) is 11.8. The first-order valence-electron chi connectivity index (χ1n) is 7.32. The standard InChI is InChI=1S/C16H22N2O2/c17-11-14-7-3-4-8-16(14)20-13-15(19)12-18-9-5-1-2-6-10-18/h3-4,7-8,15,19H,1-2,5-6,9-10,12-13H2. The van der Waals surface area contributed by atoms with Crippen LogP contribution in [0.4, 0.5) is 0 Å². The number of nitriles is 1. The van der Waals surface area contributed by atoms with Crippen LogP contribution in [0, 0.1) is 11.3 Å². The minimum absolute atomic E-state index is 0.231. The molecule has 0 spiro atoms. The van der Waals surface area contributed by atoms with Gasteiger partial charge < -0.3 is 14.7 Å². The monoisotopic (exact) mass is 274 g/mol. The highest BCUT2D eigenvalue weighted by atomic mass is 16.5. The maximum Gasteiger partial charge on any atom is 0.137 e. The molecule has 0 amide bonds. The molecule has 4 nitrogen and oxygen atoms in total. The molecule has 0 radical (unpaired) electrons. The summed E-state index contributed by atoms with van der Waals surface area (Å²) in [6.07, 6.45) is 4.49. The van der Waals surface area contributed by atoms with E-state index in [-0.39, 0.29) is 6.61 Å². The predicted molar refractivity (Wildman–Crippen MR) is 77.6 cm³/mol. The molecule has 1 aromatic rings. The normalized spacial score (nSPS) is 18.0. The molecule has 0 saturated carbocycles. The molecule has 0 aromatic heterocycles. The first-order chi connectivity index (χ1) is 9.79. The first-order valence-corrected chi connectivity index (χ1v) is 7.32. The van der Waals surface area contributed by atoms with Gasteiger partial charge in [-0.1, -0.05) is 25.0 Å². The van der Waals surface area contributed by atoms with Crippen molar-refractivity contribution in [2.45, 2.75) is 31.8 Å². The zero-order chi connectivity index (χ0) is 14.2. The smallest absolute Gasteiger partial charge is 0.137 e. The molecule has 1 heterocycles. The van der Waals surface area contributed by atoms with Gasteiger partial charge in [-0.15, -0.1) is 0 Å². The lowest BCUT2D eigenvalue weighted by atomic mass is 10.2. The van der Waals surface area contributed by atoms with E-state index in [4.69, 9.17) is 10.00 Å². The van der Waals surface area contributed by atoms with E-state index in [2.05, 4.69) is 11.0 Å². The van der Waals surface area contributed by atoms with E-state index in [1.807, 2.05) is 6.07 Å². The fourth-order valence-corrected chi connectivity index (χ4v) is 2.54. The number of likely N-dealkylation sites (tertiary alicyclic amines) is 1. The molecule has 2 rings (SSSR count). The van der Waals surface area contributed by atoms with Crippen LogP contribution in [0.1, 0.15) is 31.2 Å². The van der Waals surface area contributed by atoms with Gasteiger partial charge in [-0.25, -0.2) is 0 Å². The Morgan fingerprint density at radius 1 is 1.20 bits per heavy atom. The summed E-state index contributed by atoms with van der Waals surface area (Å²) in [4.78, 5) is 2.30. The number of rotatable bonds is 5. The molecule has 1 unspecified atom stereocenters. The van der Waals surface area contributed by atoms with Gasteiger partial charge in [0.15, 0.2) is 0 Å². The van der Waals surface area contributed by atoms with E-state index in [1.54, 1.807) is 18.2 Å². The second kappa shape index (κ2) is 7.88. The third kappa shape index (κ3) is 4.52. The number of aliphatic hydroxyl groups excluding tert-OH is 1. The van der Waals surface area contributed by atoms with E-state index >= 15 is 0 Å². The quantitative estimate of drug-likeness (QED) is 0.894. The third-order valence-electron chi connectivity index (χ3n) is 3.61. The second-order valence-electron chi connectivity index (χ2n) is 5.29. The van der Waals surface area contributed by atoms with Crippen molar-refractivity contribution < 1.29 is 9.84 Å². The van der Waals surface area contributed by atoms with Crippen LogP contribution in [-0.2, 0) is 0 Å². The molecule has 20 heavy (non-hydrogen) atoms. The largest absolute Gasteiger partial charge is 0.489 e. The fraction of sp³-hybridized carbons (Fsp3) is 0.562. The maximum atomic E-state index is 10.1. The van der Waals surface area contributed by atoms with Crippen LogP contribution < -0.4 is 4.74 Å². The topological polar surface area (TPSA) is 56.5 Å². The minimum Gasteiger partial charge on any atom is -0.489 e. The van der Waals surface area contributed by atoms with Crippen LogP contribution in [-0.4, -0.2) is 42.4 Å². The van der Waals surface area contributed by atoms with E-state index in [0.29, 0.717) is 17.9 Å². The first kappa shape index (κ1) is 14.8. The lowest BCUT2D eigenvalue weighted by Crippen LogP contribution is -2.36. The van der Waals surface area contributed by atoms with Crippen molar-refractivity contribution in [3.63, 3.8) is 0 Å². The number of β-amino-alcohol motifs (C(OH)–C–C–N with tert-alkyl or cyclic N) is 1. The summed E-state index contributed by atoms with van der Waals surface area (Å²) in [5, 5.41) is 19.0. The van der Waals surface area contributed by atoms with Crippen LogP contribution in [0.15, 0.2) is 24.3 Å². The number of ether oxygens (including phenoxy) is 1. The van der Waals surface area contributed by atoms with Crippen molar-refractivity contribution >= 4 is 0 Å². The number of para-hydroxylation sites is 1. The van der Waals surface area contributed by atoms with Crippen LogP contribution in [0.25, 0.3) is 0 Å². The van der Waals surface area contributed by atoms with Crippen LogP contribution in [0.3, 0.4) is 0 Å². The highest BCUT2D eigenvalue weighted by Gasteiger charge is 2.14. The SMILES string of the molecule is N#Cc1ccccc1OCC(O)CN1CCCCCC1. The summed E-state index contributed by atoms with van der Waals surface area (Å²) in [6, 6.07) is 9.21. The van der Waals surface area contributed by atoms with Crippen molar-refractivity contribution in [3.05, 3.63) is 29.8 Å². The summed E-state index contributed by atoms with van der Waals surface area (Å²) in [7, 11) is 0. The molecule has 108 valence electrons. The molecular formula is C16H22N2O2. The van der Waals surface area contributed by atoms with Gasteiger partial charge in [0.1, 0.15) is 24.5 Å². The molecule has 0 bridgehead atoms. The summed E-state index contributed by atoms with van der Waals surface area (Å²) in [5.74, 6) is 0.546. The van der Waals surface area contributed by atoms with Crippen molar-refractivity contribution in [1.82, 2.24) is 4.90 Å². The maximum absolute atomic E-state index is 10.1. The van der Waals surface area contributed by atoms with Gasteiger partial charge in [-0.05, 0) is 38.1 Å². The van der Waals surface area contributed by atoms with Gasteiger partial charge in [0.2, 0.25) is 0 Å². The Morgan fingerprint density at radius 3 is 2.60 bits per heavy atom. The highest BCUT2D eigenvalue weighted by Crippen LogP contribution is 2.17.